The van der Waals surface area contributed by atoms with Crippen LogP contribution >= 0.6 is 34.7 Å². The molecule has 0 unspecified atom stereocenters. The molecule has 124 valence electrons. The van der Waals surface area contributed by atoms with Crippen LogP contribution in [-0.2, 0) is 10.5 Å². The molecule has 5 nitrogen and oxygen atoms in total. The van der Waals surface area contributed by atoms with Crippen LogP contribution in [0.2, 0.25) is 5.02 Å². The second-order valence-electron chi connectivity index (χ2n) is 5.34. The number of anilines is 1. The SMILES string of the molecule is Clc1ccc(CSc2nnc(N3CCOCC3)s2)c2ncccc12. The fraction of sp³-hybridized carbons (Fsp3) is 0.312. The van der Waals surface area contributed by atoms with Gasteiger partial charge in [0, 0.05) is 35.4 Å². The molecule has 1 aromatic carbocycles. The maximum absolute atomic E-state index is 6.25. The minimum atomic E-state index is 0.734. The predicted octanol–water partition coefficient (Wildman–Crippen LogP) is 3.87. The third-order valence-electron chi connectivity index (χ3n) is 3.83. The summed E-state index contributed by atoms with van der Waals surface area (Å²) in [5, 5.41) is 11.3. The highest BCUT2D eigenvalue weighted by Gasteiger charge is 2.16. The second-order valence-corrected chi connectivity index (χ2v) is 7.93. The van der Waals surface area contributed by atoms with E-state index in [0.717, 1.165) is 63.0 Å². The summed E-state index contributed by atoms with van der Waals surface area (Å²) in [6.45, 7) is 3.27. The monoisotopic (exact) mass is 378 g/mol. The van der Waals surface area contributed by atoms with Gasteiger partial charge in [-0.25, -0.2) is 0 Å². The number of hydrogen-bond donors (Lipinski definition) is 0. The Hall–Kier alpha value is -1.41. The molecule has 1 saturated heterocycles. The summed E-state index contributed by atoms with van der Waals surface area (Å²) in [6.07, 6.45) is 1.80. The van der Waals surface area contributed by atoms with E-state index < -0.39 is 0 Å². The zero-order chi connectivity index (χ0) is 16.4. The third kappa shape index (κ3) is 3.35. The van der Waals surface area contributed by atoms with Crippen LogP contribution in [0.5, 0.6) is 0 Å². The normalized spacial score (nSPS) is 15.1. The lowest BCUT2D eigenvalue weighted by Crippen LogP contribution is -2.36. The van der Waals surface area contributed by atoms with Crippen molar-refractivity contribution in [2.24, 2.45) is 0 Å². The summed E-state index contributed by atoms with van der Waals surface area (Å²) < 4.78 is 6.34. The van der Waals surface area contributed by atoms with Crippen molar-refractivity contribution in [3.05, 3.63) is 41.0 Å². The molecule has 0 spiro atoms. The molecule has 3 heterocycles. The Morgan fingerprint density at radius 1 is 1.21 bits per heavy atom. The van der Waals surface area contributed by atoms with Crippen LogP contribution < -0.4 is 4.90 Å². The Labute approximate surface area is 153 Å². The maximum Gasteiger partial charge on any atom is 0.209 e. The molecule has 24 heavy (non-hydrogen) atoms. The summed E-state index contributed by atoms with van der Waals surface area (Å²) in [5.41, 5.74) is 2.11. The van der Waals surface area contributed by atoms with E-state index in [2.05, 4.69) is 20.1 Å². The fourth-order valence-corrected chi connectivity index (χ4v) is 4.69. The van der Waals surface area contributed by atoms with E-state index in [1.165, 1.54) is 0 Å². The number of morpholine rings is 1. The zero-order valence-electron chi connectivity index (χ0n) is 12.8. The smallest absolute Gasteiger partial charge is 0.209 e. The number of pyridine rings is 1. The summed E-state index contributed by atoms with van der Waals surface area (Å²) >= 11 is 9.57. The van der Waals surface area contributed by atoms with E-state index in [0.29, 0.717) is 0 Å². The molecular formula is C16H15ClN4OS2. The van der Waals surface area contributed by atoms with Crippen LogP contribution in [0.3, 0.4) is 0 Å². The Kier molecular flexibility index (Phi) is 4.84. The van der Waals surface area contributed by atoms with Crippen molar-refractivity contribution in [2.45, 2.75) is 10.1 Å². The molecule has 0 bridgehead atoms. The third-order valence-corrected chi connectivity index (χ3v) is 6.32. The minimum Gasteiger partial charge on any atom is -0.378 e. The van der Waals surface area contributed by atoms with E-state index >= 15 is 0 Å². The standard InChI is InChI=1S/C16H15ClN4OS2/c17-13-4-3-11(14-12(13)2-1-5-18-14)10-23-16-20-19-15(24-16)21-6-8-22-9-7-21/h1-5H,6-10H2. The second kappa shape index (κ2) is 7.23. The van der Waals surface area contributed by atoms with E-state index in [9.17, 15) is 0 Å². The molecule has 4 rings (SSSR count). The molecule has 8 heteroatoms. The van der Waals surface area contributed by atoms with Crippen molar-refractivity contribution < 1.29 is 4.74 Å². The lowest BCUT2D eigenvalue weighted by Gasteiger charge is -2.25. The van der Waals surface area contributed by atoms with Gasteiger partial charge in [0.2, 0.25) is 5.13 Å². The summed E-state index contributed by atoms with van der Waals surface area (Å²) in [5.74, 6) is 0.794. The van der Waals surface area contributed by atoms with Crippen LogP contribution in [0, 0.1) is 0 Å². The molecule has 0 amide bonds. The number of nitrogens with zero attached hydrogens (tertiary/aromatic N) is 4. The van der Waals surface area contributed by atoms with E-state index in [1.54, 1.807) is 29.3 Å². The van der Waals surface area contributed by atoms with Crippen LogP contribution in [-0.4, -0.2) is 41.5 Å². The predicted molar refractivity (Wildman–Crippen MR) is 99.3 cm³/mol. The first-order valence-corrected chi connectivity index (χ1v) is 9.80. The van der Waals surface area contributed by atoms with Gasteiger partial charge in [0.1, 0.15) is 0 Å². The quantitative estimate of drug-likeness (QED) is 0.642. The van der Waals surface area contributed by atoms with Gasteiger partial charge in [0.25, 0.3) is 0 Å². The van der Waals surface area contributed by atoms with Crippen LogP contribution in [0.4, 0.5) is 5.13 Å². The molecule has 1 fully saturated rings. The summed E-state index contributed by atoms with van der Waals surface area (Å²) in [6, 6.07) is 7.88. The molecular weight excluding hydrogens is 364 g/mol. The average Bonchev–Trinajstić information content (AvgIpc) is 3.11. The Morgan fingerprint density at radius 2 is 2.08 bits per heavy atom. The maximum atomic E-state index is 6.25. The average molecular weight is 379 g/mol. The van der Waals surface area contributed by atoms with Gasteiger partial charge in [-0.15, -0.1) is 10.2 Å². The Bertz CT molecular complexity index is 851. The molecule has 2 aromatic heterocycles. The van der Waals surface area contributed by atoms with Crippen molar-refractivity contribution in [1.82, 2.24) is 15.2 Å². The molecule has 0 N–H and O–H groups in total. The van der Waals surface area contributed by atoms with Gasteiger partial charge in [-0.05, 0) is 23.8 Å². The summed E-state index contributed by atoms with van der Waals surface area (Å²) in [4.78, 5) is 6.71. The largest absolute Gasteiger partial charge is 0.378 e. The number of halogens is 1. The summed E-state index contributed by atoms with van der Waals surface area (Å²) in [7, 11) is 0. The van der Waals surface area contributed by atoms with Crippen molar-refractivity contribution in [3.63, 3.8) is 0 Å². The Balaban J connectivity index is 1.49. The number of fused-ring (bicyclic) bond motifs is 1. The van der Waals surface area contributed by atoms with Crippen molar-refractivity contribution in [3.8, 4) is 0 Å². The number of ether oxygens (including phenoxy) is 1. The van der Waals surface area contributed by atoms with E-state index in [1.807, 2.05) is 24.3 Å². The molecule has 0 saturated carbocycles. The van der Waals surface area contributed by atoms with Gasteiger partial charge < -0.3 is 9.64 Å². The number of benzene rings is 1. The fourth-order valence-electron chi connectivity index (χ4n) is 2.60. The van der Waals surface area contributed by atoms with Gasteiger partial charge in [-0.3, -0.25) is 4.98 Å². The van der Waals surface area contributed by atoms with Gasteiger partial charge >= 0.3 is 0 Å². The Morgan fingerprint density at radius 3 is 2.96 bits per heavy atom. The van der Waals surface area contributed by atoms with Crippen LogP contribution in [0.15, 0.2) is 34.8 Å². The number of hydrogen-bond acceptors (Lipinski definition) is 7. The molecule has 3 aromatic rings. The molecule has 0 atom stereocenters. The topological polar surface area (TPSA) is 51.1 Å². The zero-order valence-corrected chi connectivity index (χ0v) is 15.2. The lowest BCUT2D eigenvalue weighted by molar-refractivity contribution is 0.122. The molecule has 0 radical (unpaired) electrons. The van der Waals surface area contributed by atoms with Gasteiger partial charge in [-0.2, -0.15) is 0 Å². The molecule has 1 aliphatic heterocycles. The molecule has 0 aliphatic carbocycles. The first kappa shape index (κ1) is 16.1. The molecule has 1 aliphatic rings. The first-order valence-electron chi connectivity index (χ1n) is 7.62. The van der Waals surface area contributed by atoms with Gasteiger partial charge in [0.15, 0.2) is 4.34 Å². The minimum absolute atomic E-state index is 0.734. The highest BCUT2D eigenvalue weighted by atomic mass is 35.5. The van der Waals surface area contributed by atoms with Crippen molar-refractivity contribution in [2.75, 3.05) is 31.2 Å². The van der Waals surface area contributed by atoms with Crippen LogP contribution in [0.25, 0.3) is 10.9 Å². The van der Waals surface area contributed by atoms with Crippen LogP contribution in [0.1, 0.15) is 5.56 Å². The first-order chi connectivity index (χ1) is 11.8. The lowest BCUT2D eigenvalue weighted by atomic mass is 10.1. The van der Waals surface area contributed by atoms with Gasteiger partial charge in [0.05, 0.1) is 18.7 Å². The van der Waals surface area contributed by atoms with E-state index in [4.69, 9.17) is 16.3 Å². The highest BCUT2D eigenvalue weighted by molar-refractivity contribution is 8.00. The van der Waals surface area contributed by atoms with Gasteiger partial charge in [-0.1, -0.05) is 40.8 Å². The number of thioether (sulfide) groups is 1. The number of aromatic nitrogens is 3. The van der Waals surface area contributed by atoms with E-state index in [-0.39, 0.29) is 0 Å². The highest BCUT2D eigenvalue weighted by Crippen LogP contribution is 2.33. The van der Waals surface area contributed by atoms with Crippen molar-refractivity contribution >= 4 is 50.7 Å². The van der Waals surface area contributed by atoms with Crippen molar-refractivity contribution in [1.29, 1.82) is 0 Å². The number of rotatable bonds is 4.